The molecule has 7 nitrogen and oxygen atoms in total. The molecule has 1 aromatic carbocycles. The number of carbonyl (C=O) groups excluding carboxylic acids is 3. The first-order valence-electron chi connectivity index (χ1n) is 8.25. The Morgan fingerprint density at radius 3 is 2.67 bits per heavy atom. The van der Waals surface area contributed by atoms with Crippen LogP contribution in [-0.4, -0.2) is 40.3 Å². The van der Waals surface area contributed by atoms with Crippen LogP contribution in [-0.2, 0) is 9.59 Å². The Morgan fingerprint density at radius 2 is 1.96 bits per heavy atom. The molecule has 3 N–H and O–H groups in total. The lowest BCUT2D eigenvalue weighted by atomic mass is 10.1. The molecule has 2 heterocycles. The van der Waals surface area contributed by atoms with Gasteiger partial charge < -0.3 is 15.7 Å². The van der Waals surface area contributed by atoms with Gasteiger partial charge in [-0.1, -0.05) is 42.5 Å². The molecule has 0 radical (unpaired) electrons. The molecule has 1 unspecified atom stereocenters. The quantitative estimate of drug-likeness (QED) is 0.673. The van der Waals surface area contributed by atoms with Crippen LogP contribution in [0.1, 0.15) is 15.9 Å². The number of aromatic nitrogens is 1. The average molecular weight is 363 g/mol. The minimum Gasteiger partial charge on any atom is -0.509 e. The number of pyridine rings is 1. The van der Waals surface area contributed by atoms with Crippen molar-refractivity contribution < 1.29 is 19.5 Å². The van der Waals surface area contributed by atoms with E-state index in [1.165, 1.54) is 12.4 Å². The Labute approximate surface area is 155 Å². The van der Waals surface area contributed by atoms with Crippen molar-refractivity contribution in [1.29, 1.82) is 0 Å². The lowest BCUT2D eigenvalue weighted by Gasteiger charge is -2.05. The highest BCUT2D eigenvalue weighted by molar-refractivity contribution is 6.22. The summed E-state index contributed by atoms with van der Waals surface area (Å²) in [4.78, 5) is 40.1. The van der Waals surface area contributed by atoms with Crippen molar-refractivity contribution in [3.63, 3.8) is 0 Å². The van der Waals surface area contributed by atoms with Crippen molar-refractivity contribution in [3.05, 3.63) is 83.4 Å². The molecule has 7 heteroatoms. The van der Waals surface area contributed by atoms with Crippen molar-refractivity contribution in [1.82, 2.24) is 15.6 Å². The number of benzene rings is 1. The molecule has 2 amide bonds. The van der Waals surface area contributed by atoms with Crippen molar-refractivity contribution >= 4 is 23.7 Å². The van der Waals surface area contributed by atoms with E-state index in [9.17, 15) is 19.5 Å². The fourth-order valence-electron chi connectivity index (χ4n) is 2.58. The second-order valence-corrected chi connectivity index (χ2v) is 5.83. The van der Waals surface area contributed by atoms with Gasteiger partial charge in [-0.3, -0.25) is 19.4 Å². The smallest absolute Gasteiger partial charge is 0.259 e. The van der Waals surface area contributed by atoms with Crippen molar-refractivity contribution in [2.45, 2.75) is 6.04 Å². The van der Waals surface area contributed by atoms with E-state index in [2.05, 4.69) is 15.6 Å². The largest absolute Gasteiger partial charge is 0.509 e. The number of rotatable bonds is 6. The normalized spacial score (nSPS) is 16.4. The van der Waals surface area contributed by atoms with Gasteiger partial charge >= 0.3 is 0 Å². The maximum Gasteiger partial charge on any atom is 0.259 e. The van der Waals surface area contributed by atoms with Gasteiger partial charge in [-0.25, -0.2) is 0 Å². The number of carbonyl (C=O) groups is 3. The second-order valence-electron chi connectivity index (χ2n) is 5.83. The number of hydrogen-bond donors (Lipinski definition) is 3. The molecular weight excluding hydrogens is 346 g/mol. The highest BCUT2D eigenvalue weighted by Gasteiger charge is 2.34. The molecule has 0 bridgehead atoms. The molecule has 136 valence electrons. The maximum absolute atomic E-state index is 12.3. The van der Waals surface area contributed by atoms with Crippen LogP contribution in [0.25, 0.3) is 6.08 Å². The van der Waals surface area contributed by atoms with Crippen LogP contribution in [0, 0.1) is 0 Å². The van der Waals surface area contributed by atoms with Gasteiger partial charge in [-0.05, 0) is 17.7 Å². The summed E-state index contributed by atoms with van der Waals surface area (Å²) in [6.45, 7) is -0.407. The Kier molecular flexibility index (Phi) is 5.41. The number of aliphatic hydroxyl groups is 1. The molecule has 1 atom stereocenters. The molecule has 0 saturated heterocycles. The molecule has 0 saturated carbocycles. The third kappa shape index (κ3) is 4.27. The van der Waals surface area contributed by atoms with E-state index in [0.717, 1.165) is 5.56 Å². The van der Waals surface area contributed by atoms with E-state index < -0.39 is 30.2 Å². The summed E-state index contributed by atoms with van der Waals surface area (Å²) in [6.07, 6.45) is 6.22. The first-order chi connectivity index (χ1) is 13.1. The second kappa shape index (κ2) is 8.09. The lowest BCUT2D eigenvalue weighted by Crippen LogP contribution is -2.33. The monoisotopic (exact) mass is 363 g/mol. The highest BCUT2D eigenvalue weighted by Crippen LogP contribution is 2.18. The summed E-state index contributed by atoms with van der Waals surface area (Å²) in [5, 5.41) is 15.2. The molecule has 1 aromatic heterocycles. The van der Waals surface area contributed by atoms with Gasteiger partial charge in [0.2, 0.25) is 0 Å². The number of ketones is 1. The Morgan fingerprint density at radius 1 is 1.19 bits per heavy atom. The van der Waals surface area contributed by atoms with Gasteiger partial charge in [0, 0.05) is 12.4 Å². The standard InChI is InChI=1S/C20H17N3O4/c24-16(12-22-19(26)14-7-4-10-21-11-14)17-18(25)15(23-20(17)27)9-8-13-5-2-1-3-6-13/h1-11,15,25H,12H2,(H,22,26)(H,23,27). The first-order valence-corrected chi connectivity index (χ1v) is 8.25. The molecule has 2 aromatic rings. The van der Waals surface area contributed by atoms with Gasteiger partial charge in [0.25, 0.3) is 11.8 Å². The molecular formula is C20H17N3O4. The van der Waals surface area contributed by atoms with Crippen LogP contribution in [0.3, 0.4) is 0 Å². The van der Waals surface area contributed by atoms with E-state index in [0.29, 0.717) is 5.56 Å². The number of amides is 2. The van der Waals surface area contributed by atoms with Crippen molar-refractivity contribution in [3.8, 4) is 0 Å². The average Bonchev–Trinajstić information content (AvgIpc) is 2.99. The predicted molar refractivity (Wildman–Crippen MR) is 98.6 cm³/mol. The fourth-order valence-corrected chi connectivity index (χ4v) is 2.58. The van der Waals surface area contributed by atoms with E-state index in [1.807, 2.05) is 30.3 Å². The summed E-state index contributed by atoms with van der Waals surface area (Å²) in [5.74, 6) is -2.18. The molecule has 3 rings (SSSR count). The van der Waals surface area contributed by atoms with Crippen LogP contribution in [0.15, 0.2) is 72.3 Å². The van der Waals surface area contributed by atoms with E-state index in [4.69, 9.17) is 0 Å². The Bertz CT molecular complexity index is 921. The van der Waals surface area contributed by atoms with E-state index >= 15 is 0 Å². The zero-order chi connectivity index (χ0) is 19.2. The van der Waals surface area contributed by atoms with E-state index in [1.54, 1.807) is 24.3 Å². The molecule has 0 spiro atoms. The summed E-state index contributed by atoms with van der Waals surface area (Å²) in [7, 11) is 0. The molecule has 27 heavy (non-hydrogen) atoms. The van der Waals surface area contributed by atoms with Gasteiger partial charge in [0.1, 0.15) is 17.4 Å². The molecule has 0 aliphatic carbocycles. The fraction of sp³-hybridized carbons (Fsp3) is 0.100. The third-order valence-electron chi connectivity index (χ3n) is 3.96. The maximum atomic E-state index is 12.3. The van der Waals surface area contributed by atoms with Crippen LogP contribution in [0.4, 0.5) is 0 Å². The summed E-state index contributed by atoms with van der Waals surface area (Å²) >= 11 is 0. The van der Waals surface area contributed by atoms with Gasteiger partial charge in [0.15, 0.2) is 5.78 Å². The molecule has 1 aliphatic heterocycles. The Balaban J connectivity index is 1.66. The lowest BCUT2D eigenvalue weighted by molar-refractivity contribution is -0.121. The number of hydrogen-bond acceptors (Lipinski definition) is 5. The topological polar surface area (TPSA) is 108 Å². The van der Waals surface area contributed by atoms with Crippen LogP contribution in [0.2, 0.25) is 0 Å². The van der Waals surface area contributed by atoms with Crippen LogP contribution >= 0.6 is 0 Å². The summed E-state index contributed by atoms with van der Waals surface area (Å²) in [5.41, 5.74) is 0.843. The number of Topliss-reactive ketones (excluding diaryl/α,β-unsaturated/α-hetero) is 1. The summed E-state index contributed by atoms with van der Waals surface area (Å²) < 4.78 is 0. The highest BCUT2D eigenvalue weighted by atomic mass is 16.3. The van der Waals surface area contributed by atoms with Gasteiger partial charge in [-0.15, -0.1) is 0 Å². The number of nitrogens with one attached hydrogen (secondary N) is 2. The minimum absolute atomic E-state index is 0.294. The van der Waals surface area contributed by atoms with Gasteiger partial charge in [-0.2, -0.15) is 0 Å². The first kappa shape index (κ1) is 18.1. The van der Waals surface area contributed by atoms with Gasteiger partial charge in [0.05, 0.1) is 12.1 Å². The van der Waals surface area contributed by atoms with Crippen molar-refractivity contribution in [2.75, 3.05) is 6.54 Å². The molecule has 0 fully saturated rings. The third-order valence-corrected chi connectivity index (χ3v) is 3.96. The molecule has 1 aliphatic rings. The predicted octanol–water partition coefficient (Wildman–Crippen LogP) is 1.40. The summed E-state index contributed by atoms with van der Waals surface area (Å²) in [6, 6.07) is 11.7. The number of aliphatic hydroxyl groups excluding tert-OH is 1. The number of nitrogens with zero attached hydrogens (tertiary/aromatic N) is 1. The zero-order valence-electron chi connectivity index (χ0n) is 14.3. The van der Waals surface area contributed by atoms with E-state index in [-0.39, 0.29) is 11.3 Å². The van der Waals surface area contributed by atoms with Crippen molar-refractivity contribution in [2.24, 2.45) is 0 Å². The van der Waals surface area contributed by atoms with Crippen LogP contribution < -0.4 is 10.6 Å². The SMILES string of the molecule is O=C(CNC(=O)c1cccnc1)C1=C(O)C(C=Cc2ccccc2)NC1=O. The Hall–Kier alpha value is -3.74. The zero-order valence-corrected chi connectivity index (χ0v) is 14.3. The minimum atomic E-state index is -0.786. The van der Waals surface area contributed by atoms with Crippen LogP contribution in [0.5, 0.6) is 0 Å².